The summed E-state index contributed by atoms with van der Waals surface area (Å²) in [5.74, 6) is -0.214. The Morgan fingerprint density at radius 3 is 2.55 bits per heavy atom. The van der Waals surface area contributed by atoms with Gasteiger partial charge < -0.3 is 14.9 Å². The van der Waals surface area contributed by atoms with Gasteiger partial charge in [0.15, 0.2) is 5.82 Å². The summed E-state index contributed by atoms with van der Waals surface area (Å²) in [6.07, 6.45) is 4.74. The molecule has 5 rings (SSSR count). The summed E-state index contributed by atoms with van der Waals surface area (Å²) in [7, 11) is 0. The van der Waals surface area contributed by atoms with E-state index in [1.54, 1.807) is 24.4 Å². The van der Waals surface area contributed by atoms with E-state index in [2.05, 4.69) is 20.3 Å². The molecule has 162 valence electrons. The molecule has 3 heterocycles. The number of H-pyrrole nitrogens is 1. The third kappa shape index (κ3) is 4.26. The van der Waals surface area contributed by atoms with Crippen molar-refractivity contribution in [2.45, 2.75) is 6.54 Å². The van der Waals surface area contributed by atoms with Crippen LogP contribution in [0.3, 0.4) is 0 Å². The SMILES string of the molecule is O=C(Nc1ccccn1)c1cnc(C(=O)c2cn(Cc3ccc(Cl)cc3)c3ccccc23)[nH]1. The summed E-state index contributed by atoms with van der Waals surface area (Å²) in [4.78, 5) is 36.8. The average Bonchev–Trinajstić information content (AvgIpc) is 3.47. The van der Waals surface area contributed by atoms with Crippen LogP contribution in [0.1, 0.15) is 32.2 Å². The highest BCUT2D eigenvalue weighted by Crippen LogP contribution is 2.25. The molecule has 7 nitrogen and oxygen atoms in total. The first-order chi connectivity index (χ1) is 16.1. The van der Waals surface area contributed by atoms with E-state index in [4.69, 9.17) is 11.6 Å². The summed E-state index contributed by atoms with van der Waals surface area (Å²) in [5, 5.41) is 4.16. The Hall–Kier alpha value is -4.23. The number of pyridine rings is 1. The highest BCUT2D eigenvalue weighted by Gasteiger charge is 2.21. The maximum atomic E-state index is 13.3. The molecule has 0 atom stereocenters. The Balaban J connectivity index is 1.43. The van der Waals surface area contributed by atoms with E-state index in [0.717, 1.165) is 16.5 Å². The van der Waals surface area contributed by atoms with Crippen molar-refractivity contribution >= 4 is 40.0 Å². The van der Waals surface area contributed by atoms with Crippen LogP contribution in [-0.4, -0.2) is 31.2 Å². The first kappa shape index (κ1) is 20.7. The number of carbonyl (C=O) groups excluding carboxylic acids is 2. The van der Waals surface area contributed by atoms with Crippen molar-refractivity contribution in [2.75, 3.05) is 5.32 Å². The second-order valence-electron chi connectivity index (χ2n) is 7.46. The highest BCUT2D eigenvalue weighted by atomic mass is 35.5. The van der Waals surface area contributed by atoms with Gasteiger partial charge in [-0.2, -0.15) is 0 Å². The Morgan fingerprint density at radius 2 is 1.76 bits per heavy atom. The van der Waals surface area contributed by atoms with Crippen LogP contribution in [-0.2, 0) is 6.54 Å². The molecular weight excluding hydrogens is 438 g/mol. The maximum Gasteiger partial charge on any atom is 0.274 e. The number of benzene rings is 2. The lowest BCUT2D eigenvalue weighted by Crippen LogP contribution is -2.13. The largest absolute Gasteiger partial charge is 0.342 e. The molecular formula is C25H18ClN5O2. The van der Waals surface area contributed by atoms with Crippen molar-refractivity contribution < 1.29 is 9.59 Å². The number of amides is 1. The molecule has 3 aromatic heterocycles. The topological polar surface area (TPSA) is 92.7 Å². The van der Waals surface area contributed by atoms with E-state index in [1.165, 1.54) is 6.20 Å². The first-order valence-corrected chi connectivity index (χ1v) is 10.6. The van der Waals surface area contributed by atoms with Crippen LogP contribution in [0, 0.1) is 0 Å². The van der Waals surface area contributed by atoms with E-state index >= 15 is 0 Å². The number of aromatic nitrogens is 4. The zero-order chi connectivity index (χ0) is 22.8. The van der Waals surface area contributed by atoms with E-state index in [9.17, 15) is 9.59 Å². The number of carbonyl (C=O) groups is 2. The second-order valence-corrected chi connectivity index (χ2v) is 7.89. The zero-order valence-electron chi connectivity index (χ0n) is 17.3. The van der Waals surface area contributed by atoms with Crippen LogP contribution in [0.4, 0.5) is 5.82 Å². The Labute approximate surface area is 194 Å². The van der Waals surface area contributed by atoms with Crippen LogP contribution in [0.25, 0.3) is 10.9 Å². The number of para-hydroxylation sites is 1. The molecule has 5 aromatic rings. The highest BCUT2D eigenvalue weighted by molar-refractivity contribution is 6.30. The number of anilines is 1. The van der Waals surface area contributed by atoms with E-state index in [-0.39, 0.29) is 17.3 Å². The van der Waals surface area contributed by atoms with Crippen LogP contribution < -0.4 is 5.32 Å². The Kier molecular flexibility index (Phi) is 5.46. The number of aromatic amines is 1. The lowest BCUT2D eigenvalue weighted by Gasteiger charge is -2.05. The molecule has 0 radical (unpaired) electrons. The van der Waals surface area contributed by atoms with Crippen LogP contribution >= 0.6 is 11.6 Å². The van der Waals surface area contributed by atoms with Gasteiger partial charge in [-0.1, -0.05) is 48.0 Å². The van der Waals surface area contributed by atoms with Gasteiger partial charge in [-0.05, 0) is 35.9 Å². The summed E-state index contributed by atoms with van der Waals surface area (Å²) in [6.45, 7) is 0.584. The minimum Gasteiger partial charge on any atom is -0.342 e. The number of rotatable bonds is 6. The molecule has 0 aliphatic carbocycles. The number of nitrogens with zero attached hydrogens (tertiary/aromatic N) is 3. The Morgan fingerprint density at radius 1 is 0.970 bits per heavy atom. The number of imidazole rings is 1. The number of ketones is 1. The van der Waals surface area contributed by atoms with Crippen LogP contribution in [0.15, 0.2) is 85.3 Å². The number of fused-ring (bicyclic) bond motifs is 1. The molecule has 0 spiro atoms. The average molecular weight is 456 g/mol. The minimum absolute atomic E-state index is 0.0931. The quantitative estimate of drug-likeness (QED) is 0.354. The smallest absolute Gasteiger partial charge is 0.274 e. The van der Waals surface area contributed by atoms with Gasteiger partial charge >= 0.3 is 0 Å². The molecule has 2 N–H and O–H groups in total. The van der Waals surface area contributed by atoms with Gasteiger partial charge in [0.1, 0.15) is 11.5 Å². The van der Waals surface area contributed by atoms with E-state index < -0.39 is 5.91 Å². The number of nitrogens with one attached hydrogen (secondary N) is 2. The molecule has 2 aromatic carbocycles. The molecule has 33 heavy (non-hydrogen) atoms. The van der Waals surface area contributed by atoms with Gasteiger partial charge in [-0.15, -0.1) is 0 Å². The lowest BCUT2D eigenvalue weighted by molar-refractivity contribution is 0.102. The van der Waals surface area contributed by atoms with Crippen LogP contribution in [0.5, 0.6) is 0 Å². The molecule has 0 fully saturated rings. The van der Waals surface area contributed by atoms with Crippen LogP contribution in [0.2, 0.25) is 5.02 Å². The molecule has 0 aliphatic heterocycles. The predicted molar refractivity (Wildman–Crippen MR) is 127 cm³/mol. The maximum absolute atomic E-state index is 13.3. The predicted octanol–water partition coefficient (Wildman–Crippen LogP) is 4.94. The van der Waals surface area contributed by atoms with Crippen molar-refractivity contribution in [3.8, 4) is 0 Å². The van der Waals surface area contributed by atoms with Crippen molar-refractivity contribution in [1.82, 2.24) is 19.5 Å². The van der Waals surface area contributed by atoms with E-state index in [0.29, 0.717) is 22.9 Å². The van der Waals surface area contributed by atoms with Gasteiger partial charge in [0.05, 0.1) is 11.8 Å². The number of halogens is 1. The second kappa shape index (κ2) is 8.72. The zero-order valence-corrected chi connectivity index (χ0v) is 18.1. The molecule has 0 bridgehead atoms. The minimum atomic E-state index is -0.426. The molecule has 0 saturated carbocycles. The van der Waals surface area contributed by atoms with Crippen molar-refractivity contribution in [3.63, 3.8) is 0 Å². The van der Waals surface area contributed by atoms with Gasteiger partial charge in [-0.25, -0.2) is 9.97 Å². The third-order valence-corrected chi connectivity index (χ3v) is 5.49. The standard InChI is InChI=1S/C25H18ClN5O2/c26-17-10-8-16(9-11-17)14-31-15-19(18-5-1-2-6-21(18)31)23(32)24-28-13-20(29-24)25(33)30-22-7-3-4-12-27-22/h1-13,15H,14H2,(H,28,29)(H,27,30,33). The van der Waals surface area contributed by atoms with E-state index in [1.807, 2.05) is 59.3 Å². The summed E-state index contributed by atoms with van der Waals surface area (Å²) < 4.78 is 2.02. The van der Waals surface area contributed by atoms with Crippen molar-refractivity contribution in [3.05, 3.63) is 113 Å². The first-order valence-electron chi connectivity index (χ1n) is 10.2. The van der Waals surface area contributed by atoms with Crippen molar-refractivity contribution in [2.24, 2.45) is 0 Å². The fourth-order valence-corrected chi connectivity index (χ4v) is 3.77. The molecule has 0 unspecified atom stereocenters. The van der Waals surface area contributed by atoms with Gasteiger partial charge in [0.25, 0.3) is 5.91 Å². The molecule has 8 heteroatoms. The van der Waals surface area contributed by atoms with Crippen molar-refractivity contribution in [1.29, 1.82) is 0 Å². The Bertz CT molecular complexity index is 1460. The number of hydrogen-bond acceptors (Lipinski definition) is 4. The molecule has 0 aliphatic rings. The molecule has 1 amide bonds. The normalized spacial score (nSPS) is 10.9. The van der Waals surface area contributed by atoms with Gasteiger partial charge in [0, 0.05) is 34.9 Å². The summed E-state index contributed by atoms with van der Waals surface area (Å²) in [6, 6.07) is 20.5. The third-order valence-electron chi connectivity index (χ3n) is 5.24. The number of hydrogen-bond donors (Lipinski definition) is 2. The lowest BCUT2D eigenvalue weighted by atomic mass is 10.1. The fraction of sp³-hybridized carbons (Fsp3) is 0.0400. The summed E-state index contributed by atoms with van der Waals surface area (Å²) >= 11 is 6.00. The summed E-state index contributed by atoms with van der Waals surface area (Å²) in [5.41, 5.74) is 2.67. The van der Waals surface area contributed by atoms with Gasteiger partial charge in [0.2, 0.25) is 5.78 Å². The monoisotopic (exact) mass is 455 g/mol. The molecule has 0 saturated heterocycles. The van der Waals surface area contributed by atoms with Gasteiger partial charge in [-0.3, -0.25) is 9.59 Å². The fourth-order valence-electron chi connectivity index (χ4n) is 3.64.